The van der Waals surface area contributed by atoms with E-state index in [1.807, 2.05) is 12.1 Å². The first-order valence-corrected chi connectivity index (χ1v) is 6.63. The van der Waals surface area contributed by atoms with Gasteiger partial charge in [-0.25, -0.2) is 0 Å². The predicted molar refractivity (Wildman–Crippen MR) is 71.7 cm³/mol. The number of rotatable bonds is 3. The first-order valence-electron chi connectivity index (χ1n) is 5.87. The molecule has 1 aliphatic heterocycles. The lowest BCUT2D eigenvalue weighted by Gasteiger charge is -2.36. The second-order valence-corrected chi connectivity index (χ2v) is 5.57. The van der Waals surface area contributed by atoms with E-state index in [1.54, 1.807) is 6.07 Å². The van der Waals surface area contributed by atoms with Gasteiger partial charge in [0.15, 0.2) is 0 Å². The zero-order chi connectivity index (χ0) is 12.3. The Morgan fingerprint density at radius 3 is 2.53 bits per heavy atom. The van der Waals surface area contributed by atoms with Crippen molar-refractivity contribution in [2.45, 2.75) is 19.3 Å². The molecule has 1 saturated heterocycles. The molecule has 0 radical (unpaired) electrons. The Morgan fingerprint density at radius 1 is 1.24 bits per heavy atom. The summed E-state index contributed by atoms with van der Waals surface area (Å²) in [6.45, 7) is 2.26. The fraction of sp³-hybridized carbons (Fsp3) is 0.538. The van der Waals surface area contributed by atoms with Gasteiger partial charge in [0, 0.05) is 23.3 Å². The zero-order valence-electron chi connectivity index (χ0n) is 9.72. The van der Waals surface area contributed by atoms with Crippen LogP contribution in [0.3, 0.4) is 0 Å². The molecule has 2 N–H and O–H groups in total. The molecule has 1 aromatic rings. The van der Waals surface area contributed by atoms with Crippen LogP contribution in [0.1, 0.15) is 18.4 Å². The summed E-state index contributed by atoms with van der Waals surface area (Å²) in [7, 11) is 0. The van der Waals surface area contributed by atoms with Gasteiger partial charge in [0.2, 0.25) is 0 Å². The molecule has 0 amide bonds. The van der Waals surface area contributed by atoms with Gasteiger partial charge in [-0.05, 0) is 48.9 Å². The molecule has 0 spiro atoms. The van der Waals surface area contributed by atoms with Gasteiger partial charge in [-0.1, -0.05) is 29.3 Å². The van der Waals surface area contributed by atoms with Gasteiger partial charge >= 0.3 is 0 Å². The molecule has 4 heteroatoms. The minimum Gasteiger partial charge on any atom is -0.381 e. The van der Waals surface area contributed by atoms with E-state index in [9.17, 15) is 0 Å². The number of nitrogens with two attached hydrogens (primary N) is 1. The van der Waals surface area contributed by atoms with Crippen molar-refractivity contribution in [3.05, 3.63) is 33.8 Å². The summed E-state index contributed by atoms with van der Waals surface area (Å²) in [6, 6.07) is 5.67. The minimum absolute atomic E-state index is 0.135. The molecule has 94 valence electrons. The average molecular weight is 274 g/mol. The number of halogens is 2. The Bertz CT molecular complexity index is 389. The van der Waals surface area contributed by atoms with E-state index in [1.165, 1.54) is 0 Å². The molecule has 0 aliphatic carbocycles. The van der Waals surface area contributed by atoms with Gasteiger partial charge in [-0.2, -0.15) is 0 Å². The maximum absolute atomic E-state index is 6.21. The lowest BCUT2D eigenvalue weighted by atomic mass is 9.75. The molecule has 0 bridgehead atoms. The van der Waals surface area contributed by atoms with E-state index in [-0.39, 0.29) is 5.41 Å². The molecule has 0 unspecified atom stereocenters. The van der Waals surface area contributed by atoms with Gasteiger partial charge < -0.3 is 10.5 Å². The Morgan fingerprint density at radius 2 is 1.94 bits per heavy atom. The summed E-state index contributed by atoms with van der Waals surface area (Å²) >= 11 is 12.1. The topological polar surface area (TPSA) is 35.2 Å². The molecule has 1 heterocycles. The smallest absolute Gasteiger partial charge is 0.0471 e. The van der Waals surface area contributed by atoms with E-state index in [4.69, 9.17) is 33.7 Å². The second kappa shape index (κ2) is 5.57. The SMILES string of the molecule is NCC1(Cc2ccc(Cl)cc2Cl)CCOCC1. The molecular weight excluding hydrogens is 257 g/mol. The van der Waals surface area contributed by atoms with E-state index >= 15 is 0 Å². The fourth-order valence-corrected chi connectivity index (χ4v) is 2.80. The summed E-state index contributed by atoms with van der Waals surface area (Å²) in [5.74, 6) is 0. The van der Waals surface area contributed by atoms with E-state index < -0.39 is 0 Å². The highest BCUT2D eigenvalue weighted by Crippen LogP contribution is 2.35. The number of benzene rings is 1. The van der Waals surface area contributed by atoms with Crippen LogP contribution in [0.15, 0.2) is 18.2 Å². The van der Waals surface area contributed by atoms with Gasteiger partial charge in [0.25, 0.3) is 0 Å². The zero-order valence-corrected chi connectivity index (χ0v) is 11.2. The van der Waals surface area contributed by atoms with Crippen LogP contribution in [0.4, 0.5) is 0 Å². The third kappa shape index (κ3) is 3.14. The lowest BCUT2D eigenvalue weighted by molar-refractivity contribution is 0.0191. The standard InChI is InChI=1S/C13H17Cl2NO/c14-11-2-1-10(12(15)7-11)8-13(9-16)3-5-17-6-4-13/h1-2,7H,3-6,8-9,16H2. The molecule has 2 rings (SSSR count). The van der Waals surface area contributed by atoms with Crippen LogP contribution in [0, 0.1) is 5.41 Å². The molecular formula is C13H17Cl2NO. The third-order valence-corrected chi connectivity index (χ3v) is 4.15. The van der Waals surface area contributed by atoms with Crippen molar-refractivity contribution < 1.29 is 4.74 Å². The van der Waals surface area contributed by atoms with Gasteiger partial charge in [-0.3, -0.25) is 0 Å². The highest BCUT2D eigenvalue weighted by molar-refractivity contribution is 6.35. The monoisotopic (exact) mass is 273 g/mol. The van der Waals surface area contributed by atoms with Crippen LogP contribution in [0.2, 0.25) is 10.0 Å². The van der Waals surface area contributed by atoms with Crippen molar-refractivity contribution >= 4 is 23.2 Å². The second-order valence-electron chi connectivity index (χ2n) is 4.73. The normalized spacial score (nSPS) is 19.2. The Balaban J connectivity index is 2.17. The van der Waals surface area contributed by atoms with Crippen molar-refractivity contribution in [1.29, 1.82) is 0 Å². The lowest BCUT2D eigenvalue weighted by Crippen LogP contribution is -2.38. The summed E-state index contributed by atoms with van der Waals surface area (Å²) in [6.07, 6.45) is 2.91. The molecule has 1 fully saturated rings. The Hall–Kier alpha value is -0.280. The highest BCUT2D eigenvalue weighted by Gasteiger charge is 2.31. The Kier molecular flexibility index (Phi) is 4.31. The van der Waals surface area contributed by atoms with Crippen LogP contribution in [0.25, 0.3) is 0 Å². The summed E-state index contributed by atoms with van der Waals surface area (Å²) in [5.41, 5.74) is 7.20. The van der Waals surface area contributed by atoms with Crippen LogP contribution in [0.5, 0.6) is 0 Å². The Labute approximate surface area is 112 Å². The summed E-state index contributed by atoms with van der Waals surface area (Å²) < 4.78 is 5.40. The van der Waals surface area contributed by atoms with Crippen LogP contribution in [-0.4, -0.2) is 19.8 Å². The molecule has 1 aromatic carbocycles. The van der Waals surface area contributed by atoms with E-state index in [2.05, 4.69) is 0 Å². The summed E-state index contributed by atoms with van der Waals surface area (Å²) in [4.78, 5) is 0. The highest BCUT2D eigenvalue weighted by atomic mass is 35.5. The fourth-order valence-electron chi connectivity index (χ4n) is 2.33. The number of hydrogen-bond acceptors (Lipinski definition) is 2. The van der Waals surface area contributed by atoms with Gasteiger partial charge in [-0.15, -0.1) is 0 Å². The minimum atomic E-state index is 0.135. The first-order chi connectivity index (χ1) is 8.15. The van der Waals surface area contributed by atoms with Crippen molar-refractivity contribution in [2.24, 2.45) is 11.1 Å². The quantitative estimate of drug-likeness (QED) is 0.917. The van der Waals surface area contributed by atoms with Crippen molar-refractivity contribution in [2.75, 3.05) is 19.8 Å². The predicted octanol–water partition coefficient (Wildman–Crippen LogP) is 3.29. The molecule has 0 aromatic heterocycles. The first kappa shape index (κ1) is 13.2. The van der Waals surface area contributed by atoms with E-state index in [0.29, 0.717) is 11.6 Å². The number of hydrogen-bond donors (Lipinski definition) is 1. The van der Waals surface area contributed by atoms with Crippen molar-refractivity contribution in [1.82, 2.24) is 0 Å². The summed E-state index contributed by atoms with van der Waals surface area (Å²) in [5, 5.41) is 1.41. The average Bonchev–Trinajstić information content (AvgIpc) is 2.34. The molecule has 1 aliphatic rings. The molecule has 2 nitrogen and oxygen atoms in total. The van der Waals surface area contributed by atoms with Crippen LogP contribution >= 0.6 is 23.2 Å². The van der Waals surface area contributed by atoms with Crippen LogP contribution < -0.4 is 5.73 Å². The van der Waals surface area contributed by atoms with Crippen molar-refractivity contribution in [3.63, 3.8) is 0 Å². The largest absolute Gasteiger partial charge is 0.381 e. The molecule has 0 atom stereocenters. The molecule has 0 saturated carbocycles. The maximum atomic E-state index is 6.21. The van der Waals surface area contributed by atoms with Gasteiger partial charge in [0.1, 0.15) is 0 Å². The van der Waals surface area contributed by atoms with Crippen LogP contribution in [-0.2, 0) is 11.2 Å². The van der Waals surface area contributed by atoms with Crippen molar-refractivity contribution in [3.8, 4) is 0 Å². The number of ether oxygens (including phenoxy) is 1. The molecule has 17 heavy (non-hydrogen) atoms. The maximum Gasteiger partial charge on any atom is 0.0471 e. The van der Waals surface area contributed by atoms with E-state index in [0.717, 1.165) is 43.1 Å². The van der Waals surface area contributed by atoms with Gasteiger partial charge in [0.05, 0.1) is 0 Å². The third-order valence-electron chi connectivity index (χ3n) is 3.57.